The summed E-state index contributed by atoms with van der Waals surface area (Å²) in [5, 5.41) is 2.87. The van der Waals surface area contributed by atoms with Crippen LogP contribution in [0.2, 0.25) is 0 Å². The van der Waals surface area contributed by atoms with Crippen LogP contribution in [0.1, 0.15) is 6.42 Å². The average Bonchev–Trinajstić information content (AvgIpc) is 3.26. The Kier molecular flexibility index (Phi) is 3.74. The number of anilines is 1. The van der Waals surface area contributed by atoms with Crippen molar-refractivity contribution < 1.29 is 18.3 Å². The first-order valence-electron chi connectivity index (χ1n) is 7.75. The van der Waals surface area contributed by atoms with Crippen LogP contribution in [0.15, 0.2) is 46.9 Å². The number of benzene rings is 2. The molecule has 122 valence electrons. The fourth-order valence-electron chi connectivity index (χ4n) is 2.72. The minimum atomic E-state index is -0.412. The van der Waals surface area contributed by atoms with Crippen LogP contribution < -0.4 is 5.32 Å². The van der Waals surface area contributed by atoms with Crippen LogP contribution in [-0.2, 0) is 9.53 Å². The van der Waals surface area contributed by atoms with E-state index in [0.717, 1.165) is 6.42 Å². The van der Waals surface area contributed by atoms with Crippen LogP contribution in [0.5, 0.6) is 0 Å². The number of halogens is 1. The molecule has 5 nitrogen and oxygen atoms in total. The van der Waals surface area contributed by atoms with Gasteiger partial charge in [-0.3, -0.25) is 4.79 Å². The lowest BCUT2D eigenvalue weighted by Gasteiger charge is -2.09. The minimum absolute atomic E-state index is 0.0378. The number of ether oxygens (including phenoxy) is 1. The van der Waals surface area contributed by atoms with Gasteiger partial charge in [-0.2, -0.15) is 0 Å². The van der Waals surface area contributed by atoms with E-state index in [1.54, 1.807) is 36.4 Å². The molecule has 1 N–H and O–H groups in total. The highest BCUT2D eigenvalue weighted by atomic mass is 19.1. The second-order valence-corrected chi connectivity index (χ2v) is 5.73. The SMILES string of the molecule is O=C(Nc1ccc(-c2nc3c(F)cccc3o2)cc1)C1CCOC1. The molecule has 4 rings (SSSR count). The second-order valence-electron chi connectivity index (χ2n) is 5.73. The van der Waals surface area contributed by atoms with Crippen LogP contribution in [0.4, 0.5) is 10.1 Å². The Labute approximate surface area is 137 Å². The molecule has 3 aromatic rings. The standard InChI is InChI=1S/C18H15FN2O3/c19-14-2-1-3-15-16(14)21-18(24-15)11-4-6-13(7-5-11)20-17(22)12-8-9-23-10-12/h1-7,12H,8-10H2,(H,20,22). The molecule has 1 aliphatic rings. The highest BCUT2D eigenvalue weighted by molar-refractivity contribution is 5.93. The molecular weight excluding hydrogens is 311 g/mol. The quantitative estimate of drug-likeness (QED) is 0.798. The van der Waals surface area contributed by atoms with Crippen molar-refractivity contribution in [2.45, 2.75) is 6.42 Å². The van der Waals surface area contributed by atoms with Crippen molar-refractivity contribution in [3.8, 4) is 11.5 Å². The number of nitrogens with zero attached hydrogens (tertiary/aromatic N) is 1. The van der Waals surface area contributed by atoms with Gasteiger partial charge in [-0.15, -0.1) is 0 Å². The molecule has 0 radical (unpaired) electrons. The monoisotopic (exact) mass is 326 g/mol. The summed E-state index contributed by atoms with van der Waals surface area (Å²) >= 11 is 0. The summed E-state index contributed by atoms with van der Waals surface area (Å²) in [4.78, 5) is 16.3. The van der Waals surface area contributed by atoms with Gasteiger partial charge in [-0.25, -0.2) is 9.37 Å². The normalized spacial score (nSPS) is 17.3. The molecule has 0 spiro atoms. The lowest BCUT2D eigenvalue weighted by molar-refractivity contribution is -0.119. The van der Waals surface area contributed by atoms with E-state index in [-0.39, 0.29) is 17.3 Å². The van der Waals surface area contributed by atoms with Crippen LogP contribution >= 0.6 is 0 Å². The highest BCUT2D eigenvalue weighted by Crippen LogP contribution is 2.27. The van der Waals surface area contributed by atoms with Gasteiger partial charge in [0.15, 0.2) is 11.4 Å². The Morgan fingerprint density at radius 2 is 2.04 bits per heavy atom. The lowest BCUT2D eigenvalue weighted by atomic mass is 10.1. The predicted octanol–water partition coefficient (Wildman–Crippen LogP) is 3.61. The van der Waals surface area contributed by atoms with Gasteiger partial charge < -0.3 is 14.5 Å². The molecule has 1 amide bonds. The van der Waals surface area contributed by atoms with Crippen molar-refractivity contribution in [2.24, 2.45) is 5.92 Å². The topological polar surface area (TPSA) is 64.4 Å². The number of para-hydroxylation sites is 1. The zero-order chi connectivity index (χ0) is 16.5. The molecule has 2 heterocycles. The van der Waals surface area contributed by atoms with Crippen molar-refractivity contribution in [3.63, 3.8) is 0 Å². The van der Waals surface area contributed by atoms with E-state index in [9.17, 15) is 9.18 Å². The Morgan fingerprint density at radius 1 is 1.21 bits per heavy atom. The largest absolute Gasteiger partial charge is 0.436 e. The van der Waals surface area contributed by atoms with E-state index in [4.69, 9.17) is 9.15 Å². The van der Waals surface area contributed by atoms with Crippen molar-refractivity contribution in [1.29, 1.82) is 0 Å². The Morgan fingerprint density at radius 3 is 2.75 bits per heavy atom. The average molecular weight is 326 g/mol. The summed E-state index contributed by atoms with van der Waals surface area (Å²) in [6.07, 6.45) is 0.748. The van der Waals surface area contributed by atoms with Gasteiger partial charge in [0.05, 0.1) is 12.5 Å². The molecule has 1 aromatic heterocycles. The van der Waals surface area contributed by atoms with Gasteiger partial charge in [0.25, 0.3) is 0 Å². The maximum absolute atomic E-state index is 13.7. The molecule has 24 heavy (non-hydrogen) atoms. The van der Waals surface area contributed by atoms with Gasteiger partial charge in [0.2, 0.25) is 11.8 Å². The number of amides is 1. The molecule has 1 unspecified atom stereocenters. The minimum Gasteiger partial charge on any atom is -0.436 e. The first-order valence-corrected chi connectivity index (χ1v) is 7.75. The summed E-state index contributed by atoms with van der Waals surface area (Å²) < 4.78 is 24.5. The van der Waals surface area contributed by atoms with Gasteiger partial charge in [-0.1, -0.05) is 6.07 Å². The number of carbonyl (C=O) groups is 1. The first-order chi connectivity index (χ1) is 11.7. The summed E-state index contributed by atoms with van der Waals surface area (Å²) in [7, 11) is 0. The Hall–Kier alpha value is -2.73. The van der Waals surface area contributed by atoms with Crippen LogP contribution in [0, 0.1) is 11.7 Å². The number of hydrogen-bond donors (Lipinski definition) is 1. The van der Waals surface area contributed by atoms with E-state index in [2.05, 4.69) is 10.3 Å². The van der Waals surface area contributed by atoms with Gasteiger partial charge in [-0.05, 0) is 42.8 Å². The van der Waals surface area contributed by atoms with Gasteiger partial charge >= 0.3 is 0 Å². The van der Waals surface area contributed by atoms with Gasteiger partial charge in [0, 0.05) is 17.9 Å². The third kappa shape index (κ3) is 2.76. The number of hydrogen-bond acceptors (Lipinski definition) is 4. The molecule has 0 bridgehead atoms. The molecule has 6 heteroatoms. The molecule has 0 saturated carbocycles. The zero-order valence-electron chi connectivity index (χ0n) is 12.8. The molecule has 1 saturated heterocycles. The van der Waals surface area contributed by atoms with E-state index >= 15 is 0 Å². The highest BCUT2D eigenvalue weighted by Gasteiger charge is 2.23. The van der Waals surface area contributed by atoms with Gasteiger partial charge in [0.1, 0.15) is 5.52 Å². The number of rotatable bonds is 3. The number of aromatic nitrogens is 1. The second kappa shape index (κ2) is 6.05. The smallest absolute Gasteiger partial charge is 0.229 e. The third-order valence-electron chi connectivity index (χ3n) is 4.07. The fraction of sp³-hybridized carbons (Fsp3) is 0.222. The van der Waals surface area contributed by atoms with Crippen molar-refractivity contribution in [3.05, 3.63) is 48.3 Å². The zero-order valence-corrected chi connectivity index (χ0v) is 12.8. The number of nitrogens with one attached hydrogen (secondary N) is 1. The maximum Gasteiger partial charge on any atom is 0.229 e. The molecular formula is C18H15FN2O3. The molecule has 2 aromatic carbocycles. The number of oxazole rings is 1. The van der Waals surface area contributed by atoms with E-state index < -0.39 is 5.82 Å². The number of carbonyl (C=O) groups excluding carboxylic acids is 1. The number of fused-ring (bicyclic) bond motifs is 1. The van der Waals surface area contributed by atoms with E-state index in [0.29, 0.717) is 35.9 Å². The summed E-state index contributed by atoms with van der Waals surface area (Å²) in [6, 6.07) is 11.7. The molecule has 1 atom stereocenters. The predicted molar refractivity (Wildman–Crippen MR) is 87.0 cm³/mol. The summed E-state index contributed by atoms with van der Waals surface area (Å²) in [5.41, 5.74) is 2.03. The molecule has 1 fully saturated rings. The van der Waals surface area contributed by atoms with Crippen LogP contribution in [0.3, 0.4) is 0 Å². The van der Waals surface area contributed by atoms with E-state index in [1.807, 2.05) is 0 Å². The van der Waals surface area contributed by atoms with Crippen LogP contribution in [-0.4, -0.2) is 24.1 Å². The van der Waals surface area contributed by atoms with E-state index in [1.165, 1.54) is 6.07 Å². The van der Waals surface area contributed by atoms with Crippen LogP contribution in [0.25, 0.3) is 22.6 Å². The lowest BCUT2D eigenvalue weighted by Crippen LogP contribution is -2.22. The first kappa shape index (κ1) is 14.8. The third-order valence-corrected chi connectivity index (χ3v) is 4.07. The maximum atomic E-state index is 13.7. The Bertz CT molecular complexity index is 883. The van der Waals surface area contributed by atoms with Crippen molar-refractivity contribution in [2.75, 3.05) is 18.5 Å². The van der Waals surface area contributed by atoms with Crippen molar-refractivity contribution >= 4 is 22.7 Å². The Balaban J connectivity index is 1.54. The summed E-state index contributed by atoms with van der Waals surface area (Å²) in [6.45, 7) is 1.10. The van der Waals surface area contributed by atoms with Crippen molar-refractivity contribution in [1.82, 2.24) is 4.98 Å². The molecule has 0 aliphatic carbocycles. The molecule has 1 aliphatic heterocycles. The fourth-order valence-corrected chi connectivity index (χ4v) is 2.72. The summed E-state index contributed by atoms with van der Waals surface area (Å²) in [5.74, 6) is -0.198.